The third-order valence-corrected chi connectivity index (χ3v) is 2.31. The fourth-order valence-corrected chi connectivity index (χ4v) is 1.38. The standard InChI is InChI=1S/C8H7Cl2NO2/c9-6-3-5(11)1-4(8(6)10)2-7(12)13/h1,3H,2,11H2,(H,12,13). The Balaban J connectivity index is 3.12. The summed E-state index contributed by atoms with van der Waals surface area (Å²) in [6.07, 6.45) is -0.177. The topological polar surface area (TPSA) is 63.3 Å². The van der Waals surface area contributed by atoms with Crippen molar-refractivity contribution in [2.75, 3.05) is 5.73 Å². The zero-order valence-electron chi connectivity index (χ0n) is 6.55. The van der Waals surface area contributed by atoms with Crippen LogP contribution in [0.1, 0.15) is 5.56 Å². The smallest absolute Gasteiger partial charge is 0.307 e. The van der Waals surface area contributed by atoms with Gasteiger partial charge in [0.15, 0.2) is 0 Å². The molecule has 3 nitrogen and oxygen atoms in total. The normalized spacial score (nSPS) is 10.0. The molecule has 0 aliphatic carbocycles. The van der Waals surface area contributed by atoms with Gasteiger partial charge in [0.05, 0.1) is 16.5 Å². The van der Waals surface area contributed by atoms with Crippen LogP contribution in [0.2, 0.25) is 10.0 Å². The van der Waals surface area contributed by atoms with E-state index >= 15 is 0 Å². The molecule has 0 aromatic heterocycles. The Morgan fingerprint density at radius 2 is 2.08 bits per heavy atom. The second-order valence-corrected chi connectivity index (χ2v) is 3.33. The van der Waals surface area contributed by atoms with E-state index in [1.54, 1.807) is 0 Å². The maximum atomic E-state index is 10.4. The van der Waals surface area contributed by atoms with Crippen molar-refractivity contribution < 1.29 is 9.90 Å². The third kappa shape index (κ3) is 2.50. The number of anilines is 1. The fraction of sp³-hybridized carbons (Fsp3) is 0.125. The van der Waals surface area contributed by atoms with E-state index in [0.717, 1.165) is 0 Å². The van der Waals surface area contributed by atoms with Gasteiger partial charge < -0.3 is 10.8 Å². The van der Waals surface area contributed by atoms with E-state index in [1.807, 2.05) is 0 Å². The Morgan fingerprint density at radius 3 is 2.62 bits per heavy atom. The predicted octanol–water partition coefficient (Wildman–Crippen LogP) is 2.20. The molecule has 1 aromatic carbocycles. The van der Waals surface area contributed by atoms with Gasteiger partial charge in [-0.05, 0) is 17.7 Å². The number of carboxylic acid groups (broad SMARTS) is 1. The Bertz CT molecular complexity index is 352. The molecule has 0 saturated heterocycles. The van der Waals surface area contributed by atoms with Gasteiger partial charge in [0, 0.05) is 5.69 Å². The highest BCUT2D eigenvalue weighted by atomic mass is 35.5. The average molecular weight is 220 g/mol. The minimum Gasteiger partial charge on any atom is -0.481 e. The summed E-state index contributed by atoms with van der Waals surface area (Å²) in [5.74, 6) is -0.969. The zero-order chi connectivity index (χ0) is 10.0. The molecule has 1 rings (SSSR count). The molecule has 0 atom stereocenters. The number of carbonyl (C=O) groups is 1. The summed E-state index contributed by atoms with van der Waals surface area (Å²) in [6, 6.07) is 2.98. The van der Waals surface area contributed by atoms with Crippen LogP contribution < -0.4 is 5.73 Å². The average Bonchev–Trinajstić information content (AvgIpc) is 1.98. The summed E-state index contributed by atoms with van der Waals surface area (Å²) in [5.41, 5.74) is 6.31. The Kier molecular flexibility index (Phi) is 3.01. The van der Waals surface area contributed by atoms with Crippen molar-refractivity contribution in [1.29, 1.82) is 0 Å². The number of halogens is 2. The van der Waals surface area contributed by atoms with Gasteiger partial charge in [-0.3, -0.25) is 4.79 Å². The van der Waals surface area contributed by atoms with Gasteiger partial charge in [-0.2, -0.15) is 0 Å². The summed E-state index contributed by atoms with van der Waals surface area (Å²) < 4.78 is 0. The number of hydrogen-bond acceptors (Lipinski definition) is 2. The van der Waals surface area contributed by atoms with Crippen LogP contribution in [0.4, 0.5) is 5.69 Å². The minimum absolute atomic E-state index is 0.177. The molecule has 0 radical (unpaired) electrons. The highest BCUT2D eigenvalue weighted by molar-refractivity contribution is 6.42. The fourth-order valence-electron chi connectivity index (χ4n) is 0.961. The Morgan fingerprint density at radius 1 is 1.46 bits per heavy atom. The number of carboxylic acids is 1. The van der Waals surface area contributed by atoms with E-state index in [1.165, 1.54) is 12.1 Å². The molecule has 0 amide bonds. The Labute approximate surface area is 85.1 Å². The molecule has 0 spiro atoms. The first-order chi connectivity index (χ1) is 6.00. The maximum absolute atomic E-state index is 10.4. The van der Waals surface area contributed by atoms with E-state index in [-0.39, 0.29) is 16.5 Å². The molecular formula is C8H7Cl2NO2. The molecule has 0 bridgehead atoms. The van der Waals surface area contributed by atoms with Crippen molar-refractivity contribution in [2.24, 2.45) is 0 Å². The van der Waals surface area contributed by atoms with E-state index in [2.05, 4.69) is 0 Å². The van der Waals surface area contributed by atoms with Crippen LogP contribution in [0.5, 0.6) is 0 Å². The molecule has 1 aromatic rings. The van der Waals surface area contributed by atoms with Crippen LogP contribution in [0.25, 0.3) is 0 Å². The number of benzene rings is 1. The molecule has 13 heavy (non-hydrogen) atoms. The lowest BCUT2D eigenvalue weighted by atomic mass is 10.1. The molecule has 0 fully saturated rings. The summed E-state index contributed by atoms with van der Waals surface area (Å²) in [7, 11) is 0. The van der Waals surface area contributed by atoms with Crippen LogP contribution in [0, 0.1) is 0 Å². The monoisotopic (exact) mass is 219 g/mol. The van der Waals surface area contributed by atoms with Crippen molar-refractivity contribution >= 4 is 34.9 Å². The lowest BCUT2D eigenvalue weighted by Gasteiger charge is -2.04. The highest BCUT2D eigenvalue weighted by Gasteiger charge is 2.09. The number of nitrogens with two attached hydrogens (primary N) is 1. The van der Waals surface area contributed by atoms with Gasteiger partial charge in [-0.15, -0.1) is 0 Å². The van der Waals surface area contributed by atoms with Crippen molar-refractivity contribution in [2.45, 2.75) is 6.42 Å². The van der Waals surface area contributed by atoms with Crippen LogP contribution in [0.15, 0.2) is 12.1 Å². The summed E-state index contributed by atoms with van der Waals surface area (Å²) in [6.45, 7) is 0. The van der Waals surface area contributed by atoms with Crippen molar-refractivity contribution in [3.8, 4) is 0 Å². The second-order valence-electron chi connectivity index (χ2n) is 2.55. The van der Waals surface area contributed by atoms with Crippen LogP contribution in [-0.4, -0.2) is 11.1 Å². The van der Waals surface area contributed by atoms with E-state index < -0.39 is 5.97 Å². The van der Waals surface area contributed by atoms with Crippen molar-refractivity contribution in [3.05, 3.63) is 27.7 Å². The van der Waals surface area contributed by atoms with E-state index in [9.17, 15) is 4.79 Å². The van der Waals surface area contributed by atoms with Crippen LogP contribution in [-0.2, 0) is 11.2 Å². The lowest BCUT2D eigenvalue weighted by Crippen LogP contribution is -2.01. The number of hydrogen-bond donors (Lipinski definition) is 2. The highest BCUT2D eigenvalue weighted by Crippen LogP contribution is 2.28. The predicted molar refractivity (Wildman–Crippen MR) is 52.2 cm³/mol. The zero-order valence-corrected chi connectivity index (χ0v) is 8.06. The molecule has 3 N–H and O–H groups in total. The molecule has 70 valence electrons. The Hall–Kier alpha value is -0.930. The summed E-state index contributed by atoms with van der Waals surface area (Å²) in [4.78, 5) is 10.4. The first-order valence-electron chi connectivity index (χ1n) is 3.46. The van der Waals surface area contributed by atoms with Gasteiger partial charge in [0.25, 0.3) is 0 Å². The molecule has 5 heteroatoms. The van der Waals surface area contributed by atoms with Crippen molar-refractivity contribution in [3.63, 3.8) is 0 Å². The molecule has 0 saturated carbocycles. The molecular weight excluding hydrogens is 213 g/mol. The van der Waals surface area contributed by atoms with Crippen molar-refractivity contribution in [1.82, 2.24) is 0 Å². The largest absolute Gasteiger partial charge is 0.481 e. The molecule has 0 unspecified atom stereocenters. The first-order valence-corrected chi connectivity index (χ1v) is 4.21. The minimum atomic E-state index is -0.969. The SMILES string of the molecule is Nc1cc(Cl)c(Cl)c(CC(=O)O)c1. The first kappa shape index (κ1) is 10.2. The number of rotatable bonds is 2. The van der Waals surface area contributed by atoms with Gasteiger partial charge in [0.1, 0.15) is 0 Å². The van der Waals surface area contributed by atoms with E-state index in [4.69, 9.17) is 34.0 Å². The van der Waals surface area contributed by atoms with Gasteiger partial charge in [-0.1, -0.05) is 23.2 Å². The lowest BCUT2D eigenvalue weighted by molar-refractivity contribution is -0.136. The van der Waals surface area contributed by atoms with Gasteiger partial charge >= 0.3 is 5.97 Å². The van der Waals surface area contributed by atoms with Gasteiger partial charge in [0.2, 0.25) is 0 Å². The third-order valence-electron chi connectivity index (χ3n) is 1.47. The summed E-state index contributed by atoms with van der Waals surface area (Å²) in [5, 5.41) is 9.05. The van der Waals surface area contributed by atoms with Crippen LogP contribution in [0.3, 0.4) is 0 Å². The molecule has 0 aliphatic rings. The number of nitrogen functional groups attached to an aromatic ring is 1. The molecule has 0 heterocycles. The van der Waals surface area contributed by atoms with Crippen LogP contribution >= 0.6 is 23.2 Å². The quantitative estimate of drug-likeness (QED) is 0.751. The van der Waals surface area contributed by atoms with E-state index in [0.29, 0.717) is 11.3 Å². The number of aliphatic carboxylic acids is 1. The van der Waals surface area contributed by atoms with Gasteiger partial charge in [-0.25, -0.2) is 0 Å². The maximum Gasteiger partial charge on any atom is 0.307 e. The molecule has 0 aliphatic heterocycles. The second kappa shape index (κ2) is 3.85. The summed E-state index contributed by atoms with van der Waals surface area (Å²) >= 11 is 11.5.